The van der Waals surface area contributed by atoms with Crippen LogP contribution in [0.25, 0.3) is 0 Å². The first-order valence-electron chi connectivity index (χ1n) is 8.56. The van der Waals surface area contributed by atoms with Crippen LogP contribution >= 0.6 is 0 Å². The van der Waals surface area contributed by atoms with Gasteiger partial charge in [0, 0.05) is 11.4 Å². The van der Waals surface area contributed by atoms with E-state index in [1.165, 1.54) is 11.1 Å². The molecule has 0 amide bonds. The van der Waals surface area contributed by atoms with E-state index in [1.807, 2.05) is 24.3 Å². The fourth-order valence-corrected chi connectivity index (χ4v) is 2.47. The van der Waals surface area contributed by atoms with Gasteiger partial charge >= 0.3 is 0 Å². The molecule has 0 bridgehead atoms. The van der Waals surface area contributed by atoms with Crippen LogP contribution in [0.1, 0.15) is 37.8 Å². The second-order valence-electron chi connectivity index (χ2n) is 6.24. The van der Waals surface area contributed by atoms with Crippen molar-refractivity contribution in [2.75, 3.05) is 10.6 Å². The molecular formula is C20H23N5. The molecule has 0 aliphatic rings. The number of aromatic nitrogens is 3. The Morgan fingerprint density at radius 2 is 1.52 bits per heavy atom. The van der Waals surface area contributed by atoms with Crippen molar-refractivity contribution >= 4 is 23.1 Å². The molecule has 5 nitrogen and oxygen atoms in total. The molecule has 0 saturated carbocycles. The van der Waals surface area contributed by atoms with E-state index >= 15 is 0 Å². The van der Waals surface area contributed by atoms with Gasteiger partial charge in [0.25, 0.3) is 0 Å². The van der Waals surface area contributed by atoms with Crippen molar-refractivity contribution in [2.24, 2.45) is 0 Å². The summed E-state index contributed by atoms with van der Waals surface area (Å²) >= 11 is 0. The van der Waals surface area contributed by atoms with Gasteiger partial charge in [-0.1, -0.05) is 45.0 Å². The average Bonchev–Trinajstić information content (AvgIpc) is 2.63. The Balaban J connectivity index is 1.70. The molecule has 25 heavy (non-hydrogen) atoms. The number of hydrogen-bond acceptors (Lipinski definition) is 5. The molecule has 0 aliphatic heterocycles. The molecule has 2 N–H and O–H groups in total. The predicted octanol–water partition coefficient (Wildman–Crippen LogP) is 5.04. The van der Waals surface area contributed by atoms with E-state index in [4.69, 9.17) is 0 Å². The summed E-state index contributed by atoms with van der Waals surface area (Å²) in [6.45, 7) is 6.50. The number of nitrogens with zero attached hydrogens (tertiary/aromatic N) is 3. The van der Waals surface area contributed by atoms with E-state index < -0.39 is 0 Å². The highest BCUT2D eigenvalue weighted by atomic mass is 15.3. The van der Waals surface area contributed by atoms with Crippen LogP contribution in [0.2, 0.25) is 0 Å². The molecule has 0 atom stereocenters. The first-order chi connectivity index (χ1) is 12.1. The summed E-state index contributed by atoms with van der Waals surface area (Å²) in [6, 6.07) is 16.6. The quantitative estimate of drug-likeness (QED) is 0.661. The third-order valence-corrected chi connectivity index (χ3v) is 4.03. The molecule has 1 aromatic heterocycles. The SMILES string of the molecule is CCc1ccc(Nc2nncc(Nc3ccc(C(C)C)cc3)n2)cc1. The van der Waals surface area contributed by atoms with E-state index in [1.54, 1.807) is 6.20 Å². The van der Waals surface area contributed by atoms with Crippen molar-refractivity contribution in [3.05, 3.63) is 65.9 Å². The largest absolute Gasteiger partial charge is 0.339 e. The van der Waals surface area contributed by atoms with Crippen LogP contribution < -0.4 is 10.6 Å². The lowest BCUT2D eigenvalue weighted by molar-refractivity contribution is 0.867. The maximum Gasteiger partial charge on any atom is 0.249 e. The van der Waals surface area contributed by atoms with Gasteiger partial charge in [0.2, 0.25) is 5.95 Å². The Hall–Kier alpha value is -2.95. The highest BCUT2D eigenvalue weighted by molar-refractivity contribution is 5.59. The maximum atomic E-state index is 4.47. The minimum atomic E-state index is 0.466. The molecule has 0 spiro atoms. The van der Waals surface area contributed by atoms with Crippen molar-refractivity contribution in [1.82, 2.24) is 15.2 Å². The van der Waals surface area contributed by atoms with E-state index in [0.29, 0.717) is 17.7 Å². The molecule has 0 fully saturated rings. The minimum Gasteiger partial charge on any atom is -0.339 e. The normalized spacial score (nSPS) is 10.7. The first-order valence-corrected chi connectivity index (χ1v) is 8.56. The van der Waals surface area contributed by atoms with Gasteiger partial charge < -0.3 is 10.6 Å². The zero-order chi connectivity index (χ0) is 17.6. The van der Waals surface area contributed by atoms with Crippen LogP contribution in [0, 0.1) is 0 Å². The Morgan fingerprint density at radius 1 is 0.880 bits per heavy atom. The molecule has 1 heterocycles. The van der Waals surface area contributed by atoms with Gasteiger partial charge in [-0.15, -0.1) is 5.10 Å². The van der Waals surface area contributed by atoms with E-state index in [2.05, 4.69) is 70.9 Å². The van der Waals surface area contributed by atoms with E-state index in [-0.39, 0.29) is 0 Å². The van der Waals surface area contributed by atoms with Crippen LogP contribution in [0.4, 0.5) is 23.1 Å². The number of aryl methyl sites for hydroxylation is 1. The molecule has 3 rings (SSSR count). The highest BCUT2D eigenvalue weighted by Crippen LogP contribution is 2.20. The number of rotatable bonds is 6. The number of anilines is 4. The molecule has 3 aromatic rings. The molecule has 0 aliphatic carbocycles. The third-order valence-electron chi connectivity index (χ3n) is 4.03. The van der Waals surface area contributed by atoms with Gasteiger partial charge in [0.15, 0.2) is 5.82 Å². The fraction of sp³-hybridized carbons (Fsp3) is 0.250. The molecule has 2 aromatic carbocycles. The fourth-order valence-electron chi connectivity index (χ4n) is 2.47. The van der Waals surface area contributed by atoms with Crippen LogP contribution in [0.3, 0.4) is 0 Å². The summed E-state index contributed by atoms with van der Waals surface area (Å²) < 4.78 is 0. The van der Waals surface area contributed by atoms with Crippen molar-refractivity contribution < 1.29 is 0 Å². The molecule has 0 radical (unpaired) electrons. The van der Waals surface area contributed by atoms with E-state index in [9.17, 15) is 0 Å². The van der Waals surface area contributed by atoms with Crippen LogP contribution in [-0.4, -0.2) is 15.2 Å². The zero-order valence-electron chi connectivity index (χ0n) is 14.8. The molecule has 0 saturated heterocycles. The minimum absolute atomic E-state index is 0.466. The Kier molecular flexibility index (Phi) is 5.23. The van der Waals surface area contributed by atoms with Gasteiger partial charge in [-0.2, -0.15) is 10.1 Å². The third kappa shape index (κ3) is 4.53. The second-order valence-corrected chi connectivity index (χ2v) is 6.24. The van der Waals surface area contributed by atoms with Gasteiger partial charge in [0.1, 0.15) is 0 Å². The molecule has 0 unspecified atom stereocenters. The maximum absolute atomic E-state index is 4.47. The van der Waals surface area contributed by atoms with Crippen LogP contribution in [0.15, 0.2) is 54.7 Å². The number of benzene rings is 2. The Labute approximate surface area is 148 Å². The molecular weight excluding hydrogens is 310 g/mol. The standard InChI is InChI=1S/C20H23N5/c1-4-15-5-9-18(10-6-15)23-20-24-19(13-21-25-20)22-17-11-7-16(8-12-17)14(2)3/h5-14H,4H2,1-3H3,(H2,22,23,24,25). The Morgan fingerprint density at radius 3 is 2.16 bits per heavy atom. The van der Waals surface area contributed by atoms with Crippen LogP contribution in [0.5, 0.6) is 0 Å². The average molecular weight is 333 g/mol. The number of hydrogen-bond donors (Lipinski definition) is 2. The van der Waals surface area contributed by atoms with Crippen molar-refractivity contribution in [3.63, 3.8) is 0 Å². The lowest BCUT2D eigenvalue weighted by Gasteiger charge is -2.10. The molecule has 128 valence electrons. The van der Waals surface area contributed by atoms with E-state index in [0.717, 1.165) is 17.8 Å². The summed E-state index contributed by atoms with van der Waals surface area (Å²) in [5.74, 6) is 1.64. The lowest BCUT2D eigenvalue weighted by Crippen LogP contribution is -2.02. The lowest BCUT2D eigenvalue weighted by atomic mass is 10.0. The highest BCUT2D eigenvalue weighted by Gasteiger charge is 2.03. The van der Waals surface area contributed by atoms with Crippen molar-refractivity contribution in [1.29, 1.82) is 0 Å². The predicted molar refractivity (Wildman–Crippen MR) is 103 cm³/mol. The van der Waals surface area contributed by atoms with Gasteiger partial charge in [-0.3, -0.25) is 0 Å². The smallest absolute Gasteiger partial charge is 0.249 e. The summed E-state index contributed by atoms with van der Waals surface area (Å²) in [5.41, 5.74) is 4.52. The molecule has 5 heteroatoms. The second kappa shape index (κ2) is 7.75. The summed E-state index contributed by atoms with van der Waals surface area (Å²) in [6.07, 6.45) is 2.63. The van der Waals surface area contributed by atoms with Crippen molar-refractivity contribution in [3.8, 4) is 0 Å². The van der Waals surface area contributed by atoms with Gasteiger partial charge in [-0.05, 0) is 47.7 Å². The number of nitrogens with one attached hydrogen (secondary N) is 2. The zero-order valence-corrected chi connectivity index (χ0v) is 14.8. The van der Waals surface area contributed by atoms with Crippen molar-refractivity contribution in [2.45, 2.75) is 33.1 Å². The van der Waals surface area contributed by atoms with Gasteiger partial charge in [-0.25, -0.2) is 0 Å². The Bertz CT molecular complexity index is 810. The summed E-state index contributed by atoms with van der Waals surface area (Å²) in [7, 11) is 0. The van der Waals surface area contributed by atoms with Crippen LogP contribution in [-0.2, 0) is 6.42 Å². The summed E-state index contributed by atoms with van der Waals surface area (Å²) in [5, 5.41) is 14.5. The summed E-state index contributed by atoms with van der Waals surface area (Å²) in [4.78, 5) is 4.47. The van der Waals surface area contributed by atoms with Gasteiger partial charge in [0.05, 0.1) is 6.20 Å². The first kappa shape index (κ1) is 16.9. The topological polar surface area (TPSA) is 62.7 Å². The monoisotopic (exact) mass is 333 g/mol.